The molecule has 0 bridgehead atoms. The van der Waals surface area contributed by atoms with Crippen LogP contribution >= 0.6 is 23.1 Å². The molecule has 2 aliphatic heterocycles. The van der Waals surface area contributed by atoms with Gasteiger partial charge in [-0.15, -0.1) is 11.3 Å². The van der Waals surface area contributed by atoms with Gasteiger partial charge in [-0.1, -0.05) is 18.2 Å². The number of hydrogen-bond acceptors (Lipinski definition) is 6. The fourth-order valence-corrected chi connectivity index (χ4v) is 7.99. The van der Waals surface area contributed by atoms with Crippen LogP contribution in [0, 0.1) is 13.8 Å². The monoisotopic (exact) mass is 480 g/mol. The van der Waals surface area contributed by atoms with Gasteiger partial charge in [-0.3, -0.25) is 4.79 Å². The number of piperidine rings is 1. The maximum absolute atomic E-state index is 13.2. The van der Waals surface area contributed by atoms with E-state index in [1.165, 1.54) is 15.6 Å². The summed E-state index contributed by atoms with van der Waals surface area (Å²) in [7, 11) is -3.64. The minimum absolute atomic E-state index is 0.0567. The van der Waals surface area contributed by atoms with Gasteiger partial charge in [0.25, 0.3) is 5.91 Å². The van der Waals surface area contributed by atoms with Crippen molar-refractivity contribution in [3.05, 3.63) is 45.6 Å². The summed E-state index contributed by atoms with van der Waals surface area (Å²) in [6.07, 6.45) is 1.52. The van der Waals surface area contributed by atoms with Crippen LogP contribution in [0.5, 0.6) is 5.75 Å². The molecule has 0 N–H and O–H groups in total. The number of para-hydroxylation sites is 1. The Balaban J connectivity index is 1.42. The molecule has 1 aromatic carbocycles. The lowest BCUT2D eigenvalue weighted by Crippen LogP contribution is -2.42. The number of thioether (sulfide) groups is 1. The number of carbonyl (C=O) groups excluding carboxylic acids is 1. The van der Waals surface area contributed by atoms with Crippen molar-refractivity contribution < 1.29 is 17.9 Å². The summed E-state index contributed by atoms with van der Waals surface area (Å²) >= 11 is 2.97. The average Bonchev–Trinajstić information content (AvgIpc) is 3.28. The number of ether oxygens (including phenoxy) is 1. The number of hydrogen-bond donors (Lipinski definition) is 0. The lowest BCUT2D eigenvalue weighted by molar-refractivity contribution is 0.0594. The first-order valence-corrected chi connectivity index (χ1v) is 14.0. The number of likely N-dealkylation sites (tertiary alicyclic amines) is 1. The van der Waals surface area contributed by atoms with E-state index in [4.69, 9.17) is 4.74 Å². The zero-order valence-electron chi connectivity index (χ0n) is 17.9. The highest BCUT2D eigenvalue weighted by Crippen LogP contribution is 2.30. The van der Waals surface area contributed by atoms with Crippen molar-refractivity contribution in [3.8, 4) is 5.75 Å². The van der Waals surface area contributed by atoms with Crippen LogP contribution in [0.4, 0.5) is 0 Å². The number of benzene rings is 1. The molecule has 2 aromatic rings. The minimum atomic E-state index is -3.64. The Morgan fingerprint density at radius 3 is 2.32 bits per heavy atom. The molecular formula is C22H28N2O4S3. The number of thiophene rings is 1. The van der Waals surface area contributed by atoms with Crippen molar-refractivity contribution >= 4 is 39.0 Å². The van der Waals surface area contributed by atoms with Gasteiger partial charge in [0.15, 0.2) is 0 Å². The Kier molecular flexibility index (Phi) is 6.95. The summed E-state index contributed by atoms with van der Waals surface area (Å²) < 4.78 is 34.0. The number of nitrogens with zero attached hydrogens (tertiary/aromatic N) is 2. The molecule has 1 aromatic heterocycles. The highest BCUT2D eigenvalue weighted by molar-refractivity contribution is 7.99. The first-order valence-electron chi connectivity index (χ1n) is 10.6. The van der Waals surface area contributed by atoms with Gasteiger partial charge in [0.05, 0.1) is 0 Å². The maximum atomic E-state index is 13.2. The molecule has 2 fully saturated rings. The molecule has 0 unspecified atom stereocenters. The molecule has 2 aliphatic rings. The fraction of sp³-hybridized carbons (Fsp3) is 0.500. The second-order valence-electron chi connectivity index (χ2n) is 7.96. The molecule has 0 radical (unpaired) electrons. The highest BCUT2D eigenvalue weighted by atomic mass is 32.2. The largest absolute Gasteiger partial charge is 0.490 e. The summed E-state index contributed by atoms with van der Waals surface area (Å²) in [6.45, 7) is 6.20. The van der Waals surface area contributed by atoms with E-state index in [0.29, 0.717) is 31.1 Å². The predicted octanol–water partition coefficient (Wildman–Crippen LogP) is 3.79. The molecule has 3 heterocycles. The average molecular weight is 481 g/mol. The smallest absolute Gasteiger partial charge is 0.265 e. The third-order valence-corrected chi connectivity index (χ3v) is 9.75. The summed E-state index contributed by atoms with van der Waals surface area (Å²) in [5.41, 5.74) is 2.23. The number of sulfonamides is 1. The van der Waals surface area contributed by atoms with Gasteiger partial charge in [-0.05, 0) is 36.4 Å². The van der Waals surface area contributed by atoms with Crippen LogP contribution in [-0.4, -0.2) is 67.3 Å². The van der Waals surface area contributed by atoms with Crippen LogP contribution < -0.4 is 4.74 Å². The van der Waals surface area contributed by atoms with Crippen LogP contribution in [-0.2, 0) is 10.0 Å². The molecule has 0 aliphatic carbocycles. The summed E-state index contributed by atoms with van der Waals surface area (Å²) in [6, 6.07) is 7.68. The molecule has 0 saturated carbocycles. The van der Waals surface area contributed by atoms with Crippen molar-refractivity contribution in [1.29, 1.82) is 0 Å². The van der Waals surface area contributed by atoms with E-state index < -0.39 is 10.0 Å². The van der Waals surface area contributed by atoms with E-state index in [2.05, 4.69) is 0 Å². The van der Waals surface area contributed by atoms with Crippen molar-refractivity contribution in [2.75, 3.05) is 37.7 Å². The second kappa shape index (κ2) is 9.52. The normalized spacial score (nSPS) is 18.8. The Morgan fingerprint density at radius 2 is 1.68 bits per heavy atom. The van der Waals surface area contributed by atoms with E-state index in [-0.39, 0.29) is 16.9 Å². The molecule has 2 saturated heterocycles. The predicted molar refractivity (Wildman–Crippen MR) is 126 cm³/mol. The quantitative estimate of drug-likeness (QED) is 0.652. The molecule has 9 heteroatoms. The third kappa shape index (κ3) is 4.79. The van der Waals surface area contributed by atoms with Gasteiger partial charge < -0.3 is 9.64 Å². The fourth-order valence-electron chi connectivity index (χ4n) is 4.05. The SMILES string of the molecule is Cc1cccc(C)c1OC1CCN(C(=O)c2sccc2S(=O)(=O)N2CCSCC2)CC1. The first-order chi connectivity index (χ1) is 14.9. The summed E-state index contributed by atoms with van der Waals surface area (Å²) in [5, 5.41) is 1.70. The number of rotatable bonds is 5. The van der Waals surface area contributed by atoms with Gasteiger partial charge >= 0.3 is 0 Å². The Hall–Kier alpha value is -1.55. The van der Waals surface area contributed by atoms with Crippen molar-refractivity contribution in [2.24, 2.45) is 0 Å². The van der Waals surface area contributed by atoms with E-state index in [9.17, 15) is 13.2 Å². The first kappa shape index (κ1) is 22.6. The number of carbonyl (C=O) groups is 1. The van der Waals surface area contributed by atoms with Gasteiger partial charge in [0.1, 0.15) is 21.6 Å². The van der Waals surface area contributed by atoms with Crippen molar-refractivity contribution in [2.45, 2.75) is 37.7 Å². The van der Waals surface area contributed by atoms with E-state index >= 15 is 0 Å². The molecule has 1 amide bonds. The number of amides is 1. The Labute approximate surface area is 192 Å². The van der Waals surface area contributed by atoms with Gasteiger partial charge in [-0.25, -0.2) is 8.42 Å². The Bertz CT molecular complexity index is 1020. The highest BCUT2D eigenvalue weighted by Gasteiger charge is 2.34. The van der Waals surface area contributed by atoms with E-state index in [1.807, 2.05) is 32.0 Å². The standard InChI is InChI=1S/C22H28N2O4S3/c1-16-4-3-5-17(2)20(16)28-18-6-9-23(10-7-18)22(25)21-19(8-13-30-21)31(26,27)24-11-14-29-15-12-24/h3-5,8,13,18H,6-7,9-12,14-15H2,1-2H3. The van der Waals surface area contributed by atoms with E-state index in [0.717, 1.165) is 41.2 Å². The van der Waals surface area contributed by atoms with Crippen LogP contribution in [0.1, 0.15) is 33.6 Å². The van der Waals surface area contributed by atoms with Crippen LogP contribution in [0.25, 0.3) is 0 Å². The topological polar surface area (TPSA) is 66.9 Å². The molecule has 6 nitrogen and oxygen atoms in total. The number of aryl methyl sites for hydroxylation is 2. The lowest BCUT2D eigenvalue weighted by atomic mass is 10.1. The molecule has 4 rings (SSSR count). The van der Waals surface area contributed by atoms with Crippen molar-refractivity contribution in [1.82, 2.24) is 9.21 Å². The zero-order valence-corrected chi connectivity index (χ0v) is 20.3. The van der Waals surface area contributed by atoms with Crippen LogP contribution in [0.2, 0.25) is 0 Å². The third-order valence-electron chi connectivity index (χ3n) is 5.83. The van der Waals surface area contributed by atoms with Gasteiger partial charge in [0, 0.05) is 50.5 Å². The minimum Gasteiger partial charge on any atom is -0.490 e. The van der Waals surface area contributed by atoms with Crippen LogP contribution in [0.15, 0.2) is 34.5 Å². The molecule has 168 valence electrons. The van der Waals surface area contributed by atoms with E-state index in [1.54, 1.807) is 28.1 Å². The van der Waals surface area contributed by atoms with Gasteiger partial charge in [-0.2, -0.15) is 16.1 Å². The maximum Gasteiger partial charge on any atom is 0.265 e. The molecular weight excluding hydrogens is 452 g/mol. The molecule has 0 atom stereocenters. The summed E-state index contributed by atoms with van der Waals surface area (Å²) in [5.74, 6) is 2.32. The zero-order chi connectivity index (χ0) is 22.0. The van der Waals surface area contributed by atoms with Crippen LogP contribution in [0.3, 0.4) is 0 Å². The molecule has 31 heavy (non-hydrogen) atoms. The van der Waals surface area contributed by atoms with Crippen molar-refractivity contribution in [3.63, 3.8) is 0 Å². The summed E-state index contributed by atoms with van der Waals surface area (Å²) in [4.78, 5) is 15.4. The molecule has 0 spiro atoms. The lowest BCUT2D eigenvalue weighted by Gasteiger charge is -2.33. The van der Waals surface area contributed by atoms with Gasteiger partial charge in [0.2, 0.25) is 10.0 Å². The second-order valence-corrected chi connectivity index (χ2v) is 12.0. The Morgan fingerprint density at radius 1 is 1.03 bits per heavy atom.